The van der Waals surface area contributed by atoms with E-state index in [2.05, 4.69) is 15.8 Å². The predicted octanol–water partition coefficient (Wildman–Crippen LogP) is 3.49. The molecule has 0 fully saturated rings. The second kappa shape index (κ2) is 9.59. The van der Waals surface area contributed by atoms with Crippen molar-refractivity contribution >= 4 is 34.8 Å². The summed E-state index contributed by atoms with van der Waals surface area (Å²) in [4.78, 5) is 24.3. The van der Waals surface area contributed by atoms with E-state index in [4.69, 9.17) is 21.1 Å². The number of carbonyl (C=O) groups excluding carboxylic acids is 2. The summed E-state index contributed by atoms with van der Waals surface area (Å²) in [6.45, 7) is 1.64. The standard InChI is InChI=1S/C19H20ClN3O4/c1-12(10-18(24)21-15-7-5-4-6-14(15)20)22-23-19(25)13-8-9-16(26-2)17(11-13)27-3/h4-9,11H,10H2,1-3H3,(H,21,24)(H,23,25). The first-order chi connectivity index (χ1) is 12.9. The number of ether oxygens (including phenoxy) is 2. The second-order valence-electron chi connectivity index (χ2n) is 5.56. The third-order valence-electron chi connectivity index (χ3n) is 3.56. The molecule has 2 N–H and O–H groups in total. The highest BCUT2D eigenvalue weighted by Gasteiger charge is 2.11. The molecule has 2 rings (SSSR count). The quantitative estimate of drug-likeness (QED) is 0.560. The molecular weight excluding hydrogens is 370 g/mol. The van der Waals surface area contributed by atoms with E-state index < -0.39 is 5.91 Å². The summed E-state index contributed by atoms with van der Waals surface area (Å²) in [5, 5.41) is 7.09. The Morgan fingerprint density at radius 3 is 2.44 bits per heavy atom. The first kappa shape index (κ1) is 20.3. The molecule has 0 saturated heterocycles. The Bertz CT molecular complexity index is 868. The number of carbonyl (C=O) groups is 2. The fourth-order valence-corrected chi connectivity index (χ4v) is 2.40. The van der Waals surface area contributed by atoms with Gasteiger partial charge < -0.3 is 14.8 Å². The van der Waals surface area contributed by atoms with Crippen molar-refractivity contribution in [3.8, 4) is 11.5 Å². The number of rotatable bonds is 7. The van der Waals surface area contributed by atoms with Crippen LogP contribution in [0, 0.1) is 0 Å². The number of para-hydroxylation sites is 1. The molecule has 0 unspecified atom stereocenters. The highest BCUT2D eigenvalue weighted by molar-refractivity contribution is 6.33. The molecule has 0 aliphatic rings. The third kappa shape index (κ3) is 5.72. The Balaban J connectivity index is 1.95. The second-order valence-corrected chi connectivity index (χ2v) is 5.97. The van der Waals surface area contributed by atoms with Gasteiger partial charge in [-0.15, -0.1) is 0 Å². The number of hydrogen-bond donors (Lipinski definition) is 2. The van der Waals surface area contributed by atoms with Gasteiger partial charge >= 0.3 is 0 Å². The molecule has 2 aromatic carbocycles. The van der Waals surface area contributed by atoms with Gasteiger partial charge in [-0.05, 0) is 37.3 Å². The van der Waals surface area contributed by atoms with Gasteiger partial charge in [0, 0.05) is 11.3 Å². The van der Waals surface area contributed by atoms with Gasteiger partial charge in [0.15, 0.2) is 11.5 Å². The number of nitrogens with one attached hydrogen (secondary N) is 2. The minimum atomic E-state index is -0.429. The summed E-state index contributed by atoms with van der Waals surface area (Å²) in [5.74, 6) is 0.237. The molecule has 0 aromatic heterocycles. The van der Waals surface area contributed by atoms with Gasteiger partial charge in [0.2, 0.25) is 5.91 Å². The average molecular weight is 390 g/mol. The molecule has 0 radical (unpaired) electrons. The van der Waals surface area contributed by atoms with E-state index >= 15 is 0 Å². The van der Waals surface area contributed by atoms with Crippen molar-refractivity contribution in [1.29, 1.82) is 0 Å². The summed E-state index contributed by atoms with van der Waals surface area (Å²) in [5.41, 5.74) is 3.72. The lowest BCUT2D eigenvalue weighted by Crippen LogP contribution is -2.21. The van der Waals surface area contributed by atoms with Crippen LogP contribution in [0.15, 0.2) is 47.6 Å². The zero-order valence-corrected chi connectivity index (χ0v) is 16.0. The Hall–Kier alpha value is -3.06. The smallest absolute Gasteiger partial charge is 0.271 e. The zero-order valence-electron chi connectivity index (χ0n) is 15.2. The lowest BCUT2D eigenvalue weighted by molar-refractivity contribution is -0.115. The van der Waals surface area contributed by atoms with Crippen LogP contribution in [-0.2, 0) is 4.79 Å². The van der Waals surface area contributed by atoms with Crippen molar-refractivity contribution in [1.82, 2.24) is 5.43 Å². The number of nitrogens with zero attached hydrogens (tertiary/aromatic N) is 1. The van der Waals surface area contributed by atoms with Crippen LogP contribution in [0.1, 0.15) is 23.7 Å². The Morgan fingerprint density at radius 2 is 1.78 bits per heavy atom. The van der Waals surface area contributed by atoms with Gasteiger partial charge in [0.1, 0.15) is 0 Å². The minimum absolute atomic E-state index is 0.0113. The van der Waals surface area contributed by atoms with Crippen LogP contribution >= 0.6 is 11.6 Å². The van der Waals surface area contributed by atoms with E-state index in [0.717, 1.165) is 0 Å². The maximum Gasteiger partial charge on any atom is 0.271 e. The minimum Gasteiger partial charge on any atom is -0.493 e. The Morgan fingerprint density at radius 1 is 1.07 bits per heavy atom. The largest absolute Gasteiger partial charge is 0.493 e. The van der Waals surface area contributed by atoms with Crippen LogP contribution in [0.3, 0.4) is 0 Å². The van der Waals surface area contributed by atoms with Crippen LogP contribution in [0.25, 0.3) is 0 Å². The first-order valence-corrected chi connectivity index (χ1v) is 8.42. The first-order valence-electron chi connectivity index (χ1n) is 8.04. The molecule has 8 heteroatoms. The topological polar surface area (TPSA) is 89.0 Å². The molecule has 0 atom stereocenters. The number of halogens is 1. The predicted molar refractivity (Wildman–Crippen MR) is 105 cm³/mol. The molecule has 0 spiro atoms. The van der Waals surface area contributed by atoms with Gasteiger partial charge in [-0.2, -0.15) is 5.10 Å². The maximum absolute atomic E-state index is 12.2. The third-order valence-corrected chi connectivity index (χ3v) is 3.89. The summed E-state index contributed by atoms with van der Waals surface area (Å²) >= 11 is 6.00. The highest BCUT2D eigenvalue weighted by Crippen LogP contribution is 2.27. The van der Waals surface area contributed by atoms with Crippen LogP contribution in [0.4, 0.5) is 5.69 Å². The van der Waals surface area contributed by atoms with Gasteiger partial charge in [-0.1, -0.05) is 23.7 Å². The van der Waals surface area contributed by atoms with Crippen LogP contribution in [0.2, 0.25) is 5.02 Å². The summed E-state index contributed by atoms with van der Waals surface area (Å²) in [7, 11) is 3.00. The summed E-state index contributed by atoms with van der Waals surface area (Å²) < 4.78 is 10.3. The zero-order chi connectivity index (χ0) is 19.8. The van der Waals surface area contributed by atoms with Crippen LogP contribution in [0.5, 0.6) is 11.5 Å². The number of anilines is 1. The SMILES string of the molecule is COc1ccc(C(=O)NN=C(C)CC(=O)Nc2ccccc2Cl)cc1OC. The molecule has 0 aliphatic heterocycles. The number of hydrazone groups is 1. The molecule has 0 aliphatic carbocycles. The fourth-order valence-electron chi connectivity index (χ4n) is 2.22. The maximum atomic E-state index is 12.2. The normalized spacial score (nSPS) is 10.9. The van der Waals surface area contributed by atoms with E-state index in [1.807, 2.05) is 0 Å². The monoisotopic (exact) mass is 389 g/mol. The van der Waals surface area contributed by atoms with E-state index in [-0.39, 0.29) is 12.3 Å². The van der Waals surface area contributed by atoms with Crippen molar-refractivity contribution in [2.24, 2.45) is 5.10 Å². The Labute approximate surface area is 162 Å². The van der Waals surface area contributed by atoms with Crippen LogP contribution in [-0.4, -0.2) is 31.7 Å². The summed E-state index contributed by atoms with van der Waals surface area (Å²) in [6, 6.07) is 11.7. The van der Waals surface area contributed by atoms with Crippen molar-refractivity contribution in [2.75, 3.05) is 19.5 Å². The number of amides is 2. The average Bonchev–Trinajstić information content (AvgIpc) is 2.67. The molecule has 7 nitrogen and oxygen atoms in total. The number of benzene rings is 2. The molecule has 0 heterocycles. The molecule has 0 saturated carbocycles. The molecular formula is C19H20ClN3O4. The van der Waals surface area contributed by atoms with Crippen LogP contribution < -0.4 is 20.2 Å². The number of hydrogen-bond acceptors (Lipinski definition) is 5. The van der Waals surface area contributed by atoms with E-state index in [9.17, 15) is 9.59 Å². The molecule has 2 aromatic rings. The van der Waals surface area contributed by atoms with Gasteiger partial charge in [0.05, 0.1) is 31.4 Å². The Kier molecular flexibility index (Phi) is 7.19. The molecule has 27 heavy (non-hydrogen) atoms. The van der Waals surface area contributed by atoms with E-state index in [0.29, 0.717) is 33.5 Å². The van der Waals surface area contributed by atoms with Crippen molar-refractivity contribution in [2.45, 2.75) is 13.3 Å². The van der Waals surface area contributed by atoms with E-state index in [1.165, 1.54) is 14.2 Å². The van der Waals surface area contributed by atoms with Crippen molar-refractivity contribution < 1.29 is 19.1 Å². The summed E-state index contributed by atoms with van der Waals surface area (Å²) in [6.07, 6.45) is 0.0113. The fraction of sp³-hybridized carbons (Fsp3) is 0.211. The van der Waals surface area contributed by atoms with E-state index in [1.54, 1.807) is 49.4 Å². The highest BCUT2D eigenvalue weighted by atomic mass is 35.5. The van der Waals surface area contributed by atoms with Gasteiger partial charge in [0.25, 0.3) is 5.91 Å². The van der Waals surface area contributed by atoms with Crippen molar-refractivity contribution in [3.05, 3.63) is 53.1 Å². The van der Waals surface area contributed by atoms with Crippen molar-refractivity contribution in [3.63, 3.8) is 0 Å². The molecule has 0 bridgehead atoms. The van der Waals surface area contributed by atoms with Gasteiger partial charge in [-0.25, -0.2) is 5.43 Å². The molecule has 2 amide bonds. The lowest BCUT2D eigenvalue weighted by atomic mass is 10.2. The number of methoxy groups -OCH3 is 2. The van der Waals surface area contributed by atoms with Gasteiger partial charge in [-0.3, -0.25) is 9.59 Å². The molecule has 142 valence electrons. The lowest BCUT2D eigenvalue weighted by Gasteiger charge is -2.09.